The van der Waals surface area contributed by atoms with E-state index in [2.05, 4.69) is 10.1 Å². The summed E-state index contributed by atoms with van der Waals surface area (Å²) in [6.45, 7) is 1.38. The van der Waals surface area contributed by atoms with Gasteiger partial charge in [-0.05, 0) is 31.6 Å². The van der Waals surface area contributed by atoms with E-state index >= 15 is 0 Å². The van der Waals surface area contributed by atoms with Gasteiger partial charge >= 0.3 is 0 Å². The van der Waals surface area contributed by atoms with Crippen molar-refractivity contribution in [2.75, 3.05) is 13.2 Å². The molecular formula is C25H30F4N4O4. The smallest absolute Gasteiger partial charge is 0.297 e. The van der Waals surface area contributed by atoms with Crippen molar-refractivity contribution in [3.05, 3.63) is 35.7 Å². The highest BCUT2D eigenvalue weighted by molar-refractivity contribution is 5.95. The van der Waals surface area contributed by atoms with Crippen LogP contribution < -0.4 is 9.47 Å². The highest BCUT2D eigenvalue weighted by Crippen LogP contribution is 2.33. The van der Waals surface area contributed by atoms with Crippen LogP contribution in [0.1, 0.15) is 49.4 Å². The Bertz CT molecular complexity index is 1240. The van der Waals surface area contributed by atoms with E-state index < -0.39 is 30.4 Å². The molecule has 3 aromatic rings. The number of fused-ring (bicyclic) bond motifs is 1. The summed E-state index contributed by atoms with van der Waals surface area (Å²) in [5.41, 5.74) is 0.114. The molecule has 1 aliphatic rings. The SMILES string of the molecule is C[C@@H](COC1CCC(Oc2nc3c(F)cc(OCC(F)F)c(F)c3n2C)CC1)CC(=O)c1cnn(C)c1. The number of hydrogen-bond donors (Lipinski definition) is 0. The van der Waals surface area contributed by atoms with E-state index in [1.54, 1.807) is 24.1 Å². The second-order valence-electron chi connectivity index (χ2n) is 9.51. The van der Waals surface area contributed by atoms with Gasteiger partial charge in [0.1, 0.15) is 23.7 Å². The van der Waals surface area contributed by atoms with Crippen molar-refractivity contribution < 1.29 is 36.6 Å². The topological polar surface area (TPSA) is 80.4 Å². The van der Waals surface area contributed by atoms with Crippen molar-refractivity contribution >= 4 is 16.8 Å². The van der Waals surface area contributed by atoms with Crippen LogP contribution in [0.2, 0.25) is 0 Å². The Hall–Kier alpha value is -3.15. The molecular weight excluding hydrogens is 496 g/mol. The molecule has 0 radical (unpaired) electrons. The molecule has 0 aliphatic heterocycles. The maximum absolute atomic E-state index is 14.8. The van der Waals surface area contributed by atoms with Gasteiger partial charge in [0, 0.05) is 39.4 Å². The highest BCUT2D eigenvalue weighted by Gasteiger charge is 2.27. The first kappa shape index (κ1) is 26.9. The first-order valence-corrected chi connectivity index (χ1v) is 12.2. The monoisotopic (exact) mass is 526 g/mol. The lowest BCUT2D eigenvalue weighted by Gasteiger charge is -2.29. The van der Waals surface area contributed by atoms with Gasteiger partial charge < -0.3 is 14.2 Å². The fourth-order valence-electron chi connectivity index (χ4n) is 4.45. The number of benzene rings is 1. The van der Waals surface area contributed by atoms with E-state index in [0.717, 1.165) is 12.8 Å². The molecule has 0 amide bonds. The zero-order chi connectivity index (χ0) is 26.7. The Morgan fingerprint density at radius 2 is 1.84 bits per heavy atom. The highest BCUT2D eigenvalue weighted by atomic mass is 19.3. The van der Waals surface area contributed by atoms with Gasteiger partial charge in [-0.25, -0.2) is 17.6 Å². The van der Waals surface area contributed by atoms with Gasteiger partial charge in [0.05, 0.1) is 17.9 Å². The molecule has 0 unspecified atom stereocenters. The van der Waals surface area contributed by atoms with Crippen LogP contribution in [0.15, 0.2) is 18.5 Å². The summed E-state index contributed by atoms with van der Waals surface area (Å²) in [4.78, 5) is 16.4. The molecule has 12 heteroatoms. The maximum Gasteiger partial charge on any atom is 0.297 e. The van der Waals surface area contributed by atoms with Gasteiger partial charge in [0.15, 0.2) is 23.2 Å². The summed E-state index contributed by atoms with van der Waals surface area (Å²) in [7, 11) is 3.23. The van der Waals surface area contributed by atoms with Gasteiger partial charge in [0.2, 0.25) is 0 Å². The molecule has 0 N–H and O–H groups in total. The van der Waals surface area contributed by atoms with Gasteiger partial charge in [-0.15, -0.1) is 0 Å². The van der Waals surface area contributed by atoms with E-state index in [9.17, 15) is 22.4 Å². The van der Waals surface area contributed by atoms with E-state index in [1.807, 2.05) is 6.92 Å². The summed E-state index contributed by atoms with van der Waals surface area (Å²) >= 11 is 0. The Balaban J connectivity index is 1.29. The molecule has 37 heavy (non-hydrogen) atoms. The molecule has 1 saturated carbocycles. The Morgan fingerprint density at radius 1 is 1.14 bits per heavy atom. The summed E-state index contributed by atoms with van der Waals surface area (Å²) < 4.78 is 73.7. The summed E-state index contributed by atoms with van der Waals surface area (Å²) in [5, 5.41) is 4.02. The Morgan fingerprint density at radius 3 is 2.49 bits per heavy atom. The third-order valence-electron chi connectivity index (χ3n) is 6.40. The van der Waals surface area contributed by atoms with Crippen LogP contribution in [0.3, 0.4) is 0 Å². The van der Waals surface area contributed by atoms with Crippen LogP contribution in [-0.2, 0) is 18.8 Å². The number of carbonyl (C=O) groups is 1. The molecule has 0 spiro atoms. The zero-order valence-electron chi connectivity index (χ0n) is 20.9. The molecule has 1 aliphatic carbocycles. The standard InChI is InChI=1S/C25H30F4N4O4/c1-14(8-19(34)15-10-30-32(2)11-15)12-35-16-4-6-17(7-5-16)37-25-31-23-18(26)9-20(36-13-21(27)28)22(29)24(23)33(25)3/h9-11,14,16-17,21H,4-8,12-13H2,1-3H3/t14-,16?,17?/m1/s1. The second-order valence-corrected chi connectivity index (χ2v) is 9.51. The predicted octanol–water partition coefficient (Wildman–Crippen LogP) is 4.84. The number of carbonyl (C=O) groups excluding carboxylic acids is 1. The second kappa shape index (κ2) is 11.5. The lowest BCUT2D eigenvalue weighted by Crippen LogP contribution is -2.30. The number of nitrogens with zero attached hydrogens (tertiary/aromatic N) is 4. The fraction of sp³-hybridized carbons (Fsp3) is 0.560. The summed E-state index contributed by atoms with van der Waals surface area (Å²) in [5.74, 6) is -2.38. The average molecular weight is 527 g/mol. The number of ether oxygens (including phenoxy) is 3. The van der Waals surface area contributed by atoms with E-state index in [-0.39, 0.29) is 41.0 Å². The lowest BCUT2D eigenvalue weighted by atomic mass is 9.94. The molecule has 1 atom stereocenters. The van der Waals surface area contributed by atoms with E-state index in [1.165, 1.54) is 11.6 Å². The van der Waals surface area contributed by atoms with Crippen LogP contribution in [0.5, 0.6) is 11.8 Å². The number of halogens is 4. The maximum atomic E-state index is 14.8. The van der Waals surface area contributed by atoms with Crippen molar-refractivity contribution in [2.45, 2.75) is 57.7 Å². The predicted molar refractivity (Wildman–Crippen MR) is 126 cm³/mol. The van der Waals surface area contributed by atoms with Gasteiger partial charge in [-0.3, -0.25) is 14.0 Å². The van der Waals surface area contributed by atoms with Crippen LogP contribution >= 0.6 is 0 Å². The van der Waals surface area contributed by atoms with E-state index in [0.29, 0.717) is 37.5 Å². The number of Topliss-reactive ketones (excluding diaryl/α,β-unsaturated/α-hetero) is 1. The first-order valence-electron chi connectivity index (χ1n) is 12.2. The number of alkyl halides is 2. The number of aromatic nitrogens is 4. The number of rotatable bonds is 11. The Labute approximate surface area is 211 Å². The van der Waals surface area contributed by atoms with Gasteiger partial charge in [0.25, 0.3) is 12.4 Å². The minimum absolute atomic E-state index is 0.0284. The Kier molecular flexibility index (Phi) is 8.35. The molecule has 1 aromatic carbocycles. The molecule has 0 saturated heterocycles. The molecule has 0 bridgehead atoms. The summed E-state index contributed by atoms with van der Waals surface area (Å²) in [6.07, 6.45) is 3.39. The van der Waals surface area contributed by atoms with Gasteiger partial charge in [-0.2, -0.15) is 10.1 Å². The minimum Gasteiger partial charge on any atom is -0.484 e. The number of aryl methyl sites for hydroxylation is 2. The van der Waals surface area contributed by atoms with Crippen LogP contribution in [0, 0.1) is 17.6 Å². The van der Waals surface area contributed by atoms with Crippen LogP contribution in [0.4, 0.5) is 17.6 Å². The molecule has 1 fully saturated rings. The molecule has 2 heterocycles. The molecule has 202 valence electrons. The molecule has 4 rings (SSSR count). The largest absolute Gasteiger partial charge is 0.484 e. The van der Waals surface area contributed by atoms with Gasteiger partial charge in [-0.1, -0.05) is 6.92 Å². The van der Waals surface area contributed by atoms with Crippen molar-refractivity contribution in [2.24, 2.45) is 20.0 Å². The average Bonchev–Trinajstić information content (AvgIpc) is 3.44. The first-order chi connectivity index (χ1) is 17.6. The molecule has 8 nitrogen and oxygen atoms in total. The third kappa shape index (κ3) is 6.41. The normalized spacial score (nSPS) is 18.9. The van der Waals surface area contributed by atoms with E-state index in [4.69, 9.17) is 14.2 Å². The van der Waals surface area contributed by atoms with Crippen molar-refractivity contribution in [3.63, 3.8) is 0 Å². The van der Waals surface area contributed by atoms with Crippen LogP contribution in [-0.4, -0.2) is 57.0 Å². The number of imidazole rings is 1. The van der Waals surface area contributed by atoms with Crippen molar-refractivity contribution in [3.8, 4) is 11.8 Å². The van der Waals surface area contributed by atoms with Crippen molar-refractivity contribution in [1.82, 2.24) is 19.3 Å². The number of ketones is 1. The molecule has 2 aromatic heterocycles. The third-order valence-corrected chi connectivity index (χ3v) is 6.40. The van der Waals surface area contributed by atoms with Crippen LogP contribution in [0.25, 0.3) is 11.0 Å². The zero-order valence-corrected chi connectivity index (χ0v) is 20.9. The van der Waals surface area contributed by atoms with Crippen molar-refractivity contribution in [1.29, 1.82) is 0 Å². The lowest BCUT2D eigenvalue weighted by molar-refractivity contribution is -0.0126. The number of hydrogen-bond acceptors (Lipinski definition) is 6. The minimum atomic E-state index is -2.82. The fourth-order valence-corrected chi connectivity index (χ4v) is 4.45. The summed E-state index contributed by atoms with van der Waals surface area (Å²) in [6, 6.07) is 0.746. The quantitative estimate of drug-likeness (QED) is 0.263.